The fourth-order valence-corrected chi connectivity index (χ4v) is 6.04. The summed E-state index contributed by atoms with van der Waals surface area (Å²) in [6, 6.07) is 22.5. The first-order valence-corrected chi connectivity index (χ1v) is 10.2. The monoisotopic (exact) mass is 618 g/mol. The van der Waals surface area contributed by atoms with Crippen LogP contribution in [0.1, 0.15) is 0 Å². The summed E-state index contributed by atoms with van der Waals surface area (Å²) in [6.45, 7) is 0. The molecule has 5 rings (SSSR count). The zero-order valence-electron chi connectivity index (χ0n) is 11.6. The number of hydrogen-bond acceptors (Lipinski definition) is 0. The Labute approximate surface area is 148 Å². The Hall–Kier alpha value is -1.22. The third-order valence-electron chi connectivity index (χ3n) is 4.57. The van der Waals surface area contributed by atoms with Gasteiger partial charge in [0.05, 0.1) is 0 Å². The predicted molar refractivity (Wildman–Crippen MR) is 85.3 cm³/mol. The van der Waals surface area contributed by atoms with Crippen molar-refractivity contribution in [3.8, 4) is 0 Å². The van der Waals surface area contributed by atoms with E-state index in [1.165, 1.54) is 50.2 Å². The summed E-state index contributed by atoms with van der Waals surface area (Å²) in [5.74, 6) is 0. The molecule has 0 amide bonds. The summed E-state index contributed by atoms with van der Waals surface area (Å²) in [5, 5.41) is 11.4. The molecule has 0 nitrogen and oxygen atoms in total. The van der Waals surface area contributed by atoms with Crippen molar-refractivity contribution in [2.45, 2.75) is 0 Å². The van der Waals surface area contributed by atoms with Gasteiger partial charge in [0.15, 0.2) is 0 Å². The summed E-state index contributed by atoms with van der Waals surface area (Å²) >= 11 is 3.11. The molecule has 102 valence electrons. The van der Waals surface area contributed by atoms with Crippen molar-refractivity contribution < 1.29 is 38.7 Å². The molecule has 2 heteroatoms. The Morgan fingerprint density at radius 2 is 0.773 bits per heavy atom. The van der Waals surface area contributed by atoms with Crippen molar-refractivity contribution >= 4 is 43.1 Å². The number of rotatable bonds is 0. The van der Waals surface area contributed by atoms with Gasteiger partial charge in [-0.1, -0.05) is 0 Å². The van der Waals surface area contributed by atoms with E-state index in [1.807, 2.05) is 0 Å². The standard InChI is InChI=1S/C20H10.2W/c1-3-7-17-13(5-1)9-15-11-20-16(12-19(15)17)10-14-6-2-4-8-18(14)20;;/h1-8,11-12H;;. The van der Waals surface area contributed by atoms with Gasteiger partial charge in [-0.05, 0) is 0 Å². The molecule has 5 aromatic carbocycles. The Morgan fingerprint density at radius 1 is 0.409 bits per heavy atom. The Bertz CT molecular complexity index is 1200. The average Bonchev–Trinajstić information content (AvgIpc) is 3.01. The molecule has 5 aromatic rings. The van der Waals surface area contributed by atoms with Gasteiger partial charge in [-0.25, -0.2) is 0 Å². The van der Waals surface area contributed by atoms with Crippen LogP contribution < -0.4 is 0 Å². The predicted octanol–water partition coefficient (Wildman–Crippen LogP) is 5.33. The van der Waals surface area contributed by atoms with E-state index >= 15 is 0 Å². The fraction of sp³-hybridized carbons (Fsp3) is 0. The number of hydrogen-bond donors (Lipinski definition) is 0. The van der Waals surface area contributed by atoms with Crippen LogP contribution in [-0.2, 0) is 38.7 Å². The van der Waals surface area contributed by atoms with E-state index < -0.39 is 0 Å². The first-order valence-electron chi connectivity index (χ1n) is 7.22. The maximum absolute atomic E-state index is 2.43. The molecule has 0 N–H and O–H groups in total. The van der Waals surface area contributed by atoms with Gasteiger partial charge < -0.3 is 0 Å². The Morgan fingerprint density at radius 3 is 1.18 bits per heavy atom. The molecule has 0 heterocycles. The first kappa shape index (κ1) is 13.2. The molecule has 0 unspecified atom stereocenters. The molecule has 0 aliphatic carbocycles. The van der Waals surface area contributed by atoms with Crippen molar-refractivity contribution in [2.24, 2.45) is 0 Å². The van der Waals surface area contributed by atoms with Gasteiger partial charge in [0, 0.05) is 0 Å². The zero-order chi connectivity index (χ0) is 14.8. The molecule has 0 aliphatic rings. The SMILES string of the molecule is [W]=[c]1c2ccccc2c2cc3[c](=[W])c4ccccc4c3cc12. The van der Waals surface area contributed by atoms with Crippen molar-refractivity contribution in [1.29, 1.82) is 0 Å². The maximum atomic E-state index is 2.43. The topological polar surface area (TPSA) is 0 Å². The van der Waals surface area contributed by atoms with E-state index in [2.05, 4.69) is 60.7 Å². The number of fused-ring (bicyclic) bond motifs is 6. The molecule has 0 saturated carbocycles. The van der Waals surface area contributed by atoms with Crippen LogP contribution in [0, 0.1) is 7.09 Å². The molecule has 0 spiro atoms. The van der Waals surface area contributed by atoms with Crippen LogP contribution in [0.3, 0.4) is 0 Å². The molecule has 0 radical (unpaired) electrons. The summed E-state index contributed by atoms with van der Waals surface area (Å²) in [7, 11) is 0. The van der Waals surface area contributed by atoms with Gasteiger partial charge in [0.2, 0.25) is 0 Å². The van der Waals surface area contributed by atoms with E-state index in [-0.39, 0.29) is 0 Å². The quantitative estimate of drug-likeness (QED) is 0.220. The second-order valence-corrected chi connectivity index (χ2v) is 8.63. The molecule has 0 fully saturated rings. The van der Waals surface area contributed by atoms with Crippen LogP contribution in [0.15, 0.2) is 60.7 Å². The molecular formula is C20H10W2. The van der Waals surface area contributed by atoms with Gasteiger partial charge in [-0.3, -0.25) is 0 Å². The second-order valence-electron chi connectivity index (χ2n) is 5.69. The second kappa shape index (κ2) is 4.64. The van der Waals surface area contributed by atoms with Crippen LogP contribution in [0.4, 0.5) is 0 Å². The summed E-state index contributed by atoms with van der Waals surface area (Å²) < 4.78 is 2.98. The fourth-order valence-electron chi connectivity index (χ4n) is 3.54. The van der Waals surface area contributed by atoms with Crippen LogP contribution in [0.2, 0.25) is 0 Å². The van der Waals surface area contributed by atoms with Crippen molar-refractivity contribution in [2.75, 3.05) is 0 Å². The van der Waals surface area contributed by atoms with Crippen LogP contribution >= 0.6 is 0 Å². The van der Waals surface area contributed by atoms with Gasteiger partial charge in [-0.2, -0.15) is 0 Å². The van der Waals surface area contributed by atoms with Gasteiger partial charge >= 0.3 is 150 Å². The van der Waals surface area contributed by atoms with Crippen LogP contribution in [-0.4, -0.2) is 0 Å². The van der Waals surface area contributed by atoms with Crippen molar-refractivity contribution in [1.82, 2.24) is 0 Å². The Balaban J connectivity index is 2.16. The molecule has 0 aliphatic heterocycles. The minimum absolute atomic E-state index is 1.41. The average molecular weight is 618 g/mol. The first-order chi connectivity index (χ1) is 10.8. The van der Waals surface area contributed by atoms with E-state index in [0.717, 1.165) is 0 Å². The number of benzene rings is 3. The molecular weight excluding hydrogens is 608 g/mol. The summed E-state index contributed by atoms with van der Waals surface area (Å²) in [6.07, 6.45) is 0. The van der Waals surface area contributed by atoms with Crippen molar-refractivity contribution in [3.05, 3.63) is 67.8 Å². The molecule has 22 heavy (non-hydrogen) atoms. The van der Waals surface area contributed by atoms with E-state index in [4.69, 9.17) is 0 Å². The Kier molecular flexibility index (Phi) is 2.79. The zero-order valence-corrected chi connectivity index (χ0v) is 17.5. The molecule has 0 aromatic heterocycles. The summed E-state index contributed by atoms with van der Waals surface area (Å²) in [5.41, 5.74) is 0. The van der Waals surface area contributed by atoms with Gasteiger partial charge in [0.1, 0.15) is 0 Å². The third kappa shape index (κ3) is 1.61. The van der Waals surface area contributed by atoms with Crippen LogP contribution in [0.5, 0.6) is 0 Å². The molecule has 0 bridgehead atoms. The minimum atomic E-state index is 1.41. The third-order valence-corrected chi connectivity index (χ3v) is 7.73. The normalized spacial score (nSPS) is 12.0. The molecule has 0 saturated heterocycles. The van der Waals surface area contributed by atoms with E-state index in [9.17, 15) is 0 Å². The van der Waals surface area contributed by atoms with E-state index in [0.29, 0.717) is 0 Å². The summed E-state index contributed by atoms with van der Waals surface area (Å²) in [4.78, 5) is 0. The van der Waals surface area contributed by atoms with Gasteiger partial charge in [-0.15, -0.1) is 0 Å². The molecule has 0 atom stereocenters. The van der Waals surface area contributed by atoms with E-state index in [1.54, 1.807) is 38.7 Å². The van der Waals surface area contributed by atoms with Crippen LogP contribution in [0.25, 0.3) is 43.1 Å². The van der Waals surface area contributed by atoms with Gasteiger partial charge in [0.25, 0.3) is 0 Å². The van der Waals surface area contributed by atoms with Crippen molar-refractivity contribution in [3.63, 3.8) is 0 Å².